The summed E-state index contributed by atoms with van der Waals surface area (Å²) in [5, 5.41) is 3.37. The molecule has 0 radical (unpaired) electrons. The maximum atomic E-state index is 13.0. The Hall–Kier alpha value is -1.44. The summed E-state index contributed by atoms with van der Waals surface area (Å²) in [6, 6.07) is 6.60. The van der Waals surface area contributed by atoms with Crippen molar-refractivity contribution < 1.29 is 13.2 Å². The van der Waals surface area contributed by atoms with Crippen LogP contribution in [-0.4, -0.2) is 62.3 Å². The van der Waals surface area contributed by atoms with E-state index in [2.05, 4.69) is 5.32 Å². The third kappa shape index (κ3) is 3.17. The number of nitrogens with one attached hydrogen (secondary N) is 1. The van der Waals surface area contributed by atoms with Gasteiger partial charge in [-0.3, -0.25) is 4.79 Å². The number of amides is 1. The Labute approximate surface area is 155 Å². The van der Waals surface area contributed by atoms with Crippen LogP contribution in [-0.2, 0) is 10.0 Å². The van der Waals surface area contributed by atoms with E-state index in [9.17, 15) is 13.2 Å². The molecule has 3 aliphatic heterocycles. The van der Waals surface area contributed by atoms with Gasteiger partial charge in [-0.1, -0.05) is 12.5 Å². The first kappa shape index (κ1) is 17.9. The van der Waals surface area contributed by atoms with E-state index in [1.54, 1.807) is 28.6 Å². The van der Waals surface area contributed by atoms with Gasteiger partial charge < -0.3 is 10.2 Å². The summed E-state index contributed by atoms with van der Waals surface area (Å²) < 4.78 is 27.7. The molecule has 1 aromatic rings. The van der Waals surface area contributed by atoms with E-state index in [0.717, 1.165) is 45.4 Å². The number of fused-ring (bicyclic) bond motifs is 1. The van der Waals surface area contributed by atoms with E-state index in [-0.39, 0.29) is 16.8 Å². The van der Waals surface area contributed by atoms with Crippen LogP contribution in [0.15, 0.2) is 29.2 Å². The summed E-state index contributed by atoms with van der Waals surface area (Å²) in [6.07, 6.45) is 2.85. The summed E-state index contributed by atoms with van der Waals surface area (Å²) in [4.78, 5) is 15.0. The number of sulfonamides is 1. The summed E-state index contributed by atoms with van der Waals surface area (Å²) in [5.41, 5.74) is 0.476. The fourth-order valence-corrected chi connectivity index (χ4v) is 6.30. The van der Waals surface area contributed by atoms with Crippen molar-refractivity contribution in [2.45, 2.75) is 37.1 Å². The number of piperidine rings is 1. The standard InChI is InChI=1S/C19H27N3O3S/c1-14-5-2-3-8-22(14)26(24,25)18-7-4-6-15(9-18)19(23)21-12-16-10-20-11-17(16)13-21/h4,6-7,9,14,16-17,20H,2-3,5,8,10-13H2,1H3/t14?,16-,17+. The SMILES string of the molecule is CC1CCCCN1S(=O)(=O)c1cccc(C(=O)N2C[C@H]3CNC[C@H]3C2)c1. The minimum absolute atomic E-state index is 0.0126. The van der Waals surface area contributed by atoms with Crippen molar-refractivity contribution in [1.29, 1.82) is 0 Å². The third-order valence-corrected chi connectivity index (χ3v) is 8.12. The largest absolute Gasteiger partial charge is 0.338 e. The van der Waals surface area contributed by atoms with Crippen molar-refractivity contribution in [1.82, 2.24) is 14.5 Å². The summed E-state index contributed by atoms with van der Waals surface area (Å²) >= 11 is 0. The van der Waals surface area contributed by atoms with Crippen LogP contribution in [0.2, 0.25) is 0 Å². The Morgan fingerprint density at radius 2 is 1.88 bits per heavy atom. The molecule has 1 aromatic carbocycles. The maximum absolute atomic E-state index is 13.0. The zero-order chi connectivity index (χ0) is 18.3. The van der Waals surface area contributed by atoms with Gasteiger partial charge in [-0.25, -0.2) is 8.42 Å². The summed E-state index contributed by atoms with van der Waals surface area (Å²) in [6.45, 7) is 5.98. The number of likely N-dealkylation sites (tertiary alicyclic amines) is 1. The van der Waals surface area contributed by atoms with Gasteiger partial charge >= 0.3 is 0 Å². The lowest BCUT2D eigenvalue weighted by atomic mass is 10.0. The minimum atomic E-state index is -3.55. The van der Waals surface area contributed by atoms with E-state index in [0.29, 0.717) is 23.9 Å². The lowest BCUT2D eigenvalue weighted by Crippen LogP contribution is -2.42. The molecule has 1 N–H and O–H groups in total. The van der Waals surface area contributed by atoms with E-state index in [1.807, 2.05) is 11.8 Å². The fraction of sp³-hybridized carbons (Fsp3) is 0.632. The molecule has 0 aromatic heterocycles. The highest BCUT2D eigenvalue weighted by Crippen LogP contribution is 2.29. The normalized spacial score (nSPS) is 29.7. The van der Waals surface area contributed by atoms with E-state index in [4.69, 9.17) is 0 Å². The highest BCUT2D eigenvalue weighted by Gasteiger charge is 2.38. The molecule has 1 amide bonds. The van der Waals surface area contributed by atoms with E-state index < -0.39 is 10.0 Å². The van der Waals surface area contributed by atoms with Crippen LogP contribution in [0.1, 0.15) is 36.5 Å². The monoisotopic (exact) mass is 377 g/mol. The first-order valence-electron chi connectivity index (χ1n) is 9.59. The average molecular weight is 378 g/mol. The first-order chi connectivity index (χ1) is 12.5. The molecule has 142 valence electrons. The topological polar surface area (TPSA) is 69.7 Å². The van der Waals surface area contributed by atoms with Gasteiger partial charge in [-0.15, -0.1) is 0 Å². The van der Waals surface area contributed by atoms with Gasteiger partial charge in [0.1, 0.15) is 0 Å². The van der Waals surface area contributed by atoms with Crippen molar-refractivity contribution in [3.8, 4) is 0 Å². The summed E-state index contributed by atoms with van der Waals surface area (Å²) in [7, 11) is -3.55. The van der Waals surface area contributed by atoms with Gasteiger partial charge in [0.25, 0.3) is 5.91 Å². The van der Waals surface area contributed by atoms with Crippen LogP contribution < -0.4 is 5.32 Å². The average Bonchev–Trinajstić information content (AvgIpc) is 3.23. The first-order valence-corrected chi connectivity index (χ1v) is 11.0. The number of carbonyl (C=O) groups is 1. The predicted octanol–water partition coefficient (Wildman–Crippen LogP) is 1.54. The Morgan fingerprint density at radius 3 is 2.58 bits per heavy atom. The van der Waals surface area contributed by atoms with Crippen molar-refractivity contribution in [3.63, 3.8) is 0 Å². The van der Waals surface area contributed by atoms with Gasteiger partial charge in [0, 0.05) is 44.3 Å². The van der Waals surface area contributed by atoms with Crippen molar-refractivity contribution in [2.24, 2.45) is 11.8 Å². The zero-order valence-electron chi connectivity index (χ0n) is 15.2. The molecule has 1 unspecified atom stereocenters. The Balaban J connectivity index is 1.55. The van der Waals surface area contributed by atoms with Gasteiger partial charge in [0.05, 0.1) is 4.90 Å². The molecule has 6 nitrogen and oxygen atoms in total. The molecule has 7 heteroatoms. The number of carbonyl (C=O) groups excluding carboxylic acids is 1. The third-order valence-electron chi connectivity index (χ3n) is 6.11. The molecule has 3 fully saturated rings. The fourth-order valence-electron chi connectivity index (χ4n) is 4.56. The van der Waals surface area contributed by atoms with Crippen LogP contribution in [0.25, 0.3) is 0 Å². The number of nitrogens with zero attached hydrogens (tertiary/aromatic N) is 2. The van der Waals surface area contributed by atoms with Crippen LogP contribution in [0.5, 0.6) is 0 Å². The Kier molecular flexibility index (Phi) is 4.79. The van der Waals surface area contributed by atoms with Crippen LogP contribution in [0.3, 0.4) is 0 Å². The molecular weight excluding hydrogens is 350 g/mol. The minimum Gasteiger partial charge on any atom is -0.338 e. The molecule has 0 saturated carbocycles. The van der Waals surface area contributed by atoms with Gasteiger partial charge in [-0.05, 0) is 49.8 Å². The molecule has 3 aliphatic rings. The van der Waals surface area contributed by atoms with Crippen LogP contribution >= 0.6 is 0 Å². The van der Waals surface area contributed by atoms with Crippen molar-refractivity contribution in [3.05, 3.63) is 29.8 Å². The maximum Gasteiger partial charge on any atom is 0.253 e. The number of benzene rings is 1. The molecule has 0 aliphatic carbocycles. The van der Waals surface area contributed by atoms with E-state index in [1.165, 1.54) is 0 Å². The molecule has 26 heavy (non-hydrogen) atoms. The lowest BCUT2D eigenvalue weighted by Gasteiger charge is -2.32. The highest BCUT2D eigenvalue weighted by molar-refractivity contribution is 7.89. The van der Waals surface area contributed by atoms with Gasteiger partial charge in [0.2, 0.25) is 10.0 Å². The molecule has 0 spiro atoms. The molecule has 0 bridgehead atoms. The predicted molar refractivity (Wildman–Crippen MR) is 99.4 cm³/mol. The second kappa shape index (κ2) is 6.94. The highest BCUT2D eigenvalue weighted by atomic mass is 32.2. The quantitative estimate of drug-likeness (QED) is 0.868. The molecular formula is C19H27N3O3S. The Morgan fingerprint density at radius 1 is 1.15 bits per heavy atom. The van der Waals surface area contributed by atoms with Crippen LogP contribution in [0, 0.1) is 11.8 Å². The number of hydrogen-bond acceptors (Lipinski definition) is 4. The second-order valence-corrected chi connectivity index (χ2v) is 9.77. The zero-order valence-corrected chi connectivity index (χ0v) is 16.0. The van der Waals surface area contributed by atoms with Gasteiger partial charge in [0.15, 0.2) is 0 Å². The summed E-state index contributed by atoms with van der Waals surface area (Å²) in [5.74, 6) is 1.00. The Bertz CT molecular complexity index is 783. The second-order valence-electron chi connectivity index (χ2n) is 7.88. The van der Waals surface area contributed by atoms with E-state index >= 15 is 0 Å². The van der Waals surface area contributed by atoms with Crippen molar-refractivity contribution >= 4 is 15.9 Å². The molecule has 4 rings (SSSR count). The van der Waals surface area contributed by atoms with Gasteiger partial charge in [-0.2, -0.15) is 4.31 Å². The number of hydrogen-bond donors (Lipinski definition) is 1. The molecule has 3 heterocycles. The molecule has 3 saturated heterocycles. The molecule has 3 atom stereocenters. The van der Waals surface area contributed by atoms with Crippen LogP contribution in [0.4, 0.5) is 0 Å². The lowest BCUT2D eigenvalue weighted by molar-refractivity contribution is 0.0781. The smallest absolute Gasteiger partial charge is 0.253 e. The number of rotatable bonds is 3. The van der Waals surface area contributed by atoms with Crippen molar-refractivity contribution in [2.75, 3.05) is 32.7 Å².